The van der Waals surface area contributed by atoms with Crippen LogP contribution in [0.5, 0.6) is 0 Å². The molecule has 0 aromatic heterocycles. The van der Waals surface area contributed by atoms with Crippen molar-refractivity contribution >= 4 is 0 Å². The van der Waals surface area contributed by atoms with E-state index in [0.29, 0.717) is 0 Å². The maximum absolute atomic E-state index is 1.85. The molecule has 0 aromatic carbocycles. The van der Waals surface area contributed by atoms with Crippen molar-refractivity contribution in [2.45, 2.75) is 0 Å². The quantitative estimate of drug-likeness (QED) is 0.371. The summed E-state index contributed by atoms with van der Waals surface area (Å²) in [7, 11) is 0. The van der Waals surface area contributed by atoms with Crippen LogP contribution < -0.4 is 34.6 Å². The first-order chi connectivity index (χ1) is 3.95. The SMILES string of the molecule is C1C[NH+]2CC[NH+]1CC2.[Cl-].[Cl-]. The van der Waals surface area contributed by atoms with Gasteiger partial charge in [-0.15, -0.1) is 0 Å². The Morgan fingerprint density at radius 3 is 0.800 bits per heavy atom. The third-order valence-corrected chi connectivity index (χ3v) is 2.50. The molecule has 3 rings (SSSR count). The van der Waals surface area contributed by atoms with Crippen LogP contribution in [0.2, 0.25) is 0 Å². The molecule has 0 aromatic rings. The van der Waals surface area contributed by atoms with Gasteiger partial charge in [-0.3, -0.25) is 0 Å². The van der Waals surface area contributed by atoms with Gasteiger partial charge in [0.2, 0.25) is 0 Å². The zero-order chi connectivity index (χ0) is 5.40. The largest absolute Gasteiger partial charge is 1.00 e. The van der Waals surface area contributed by atoms with Crippen molar-refractivity contribution in [1.82, 2.24) is 0 Å². The highest BCUT2D eigenvalue weighted by Gasteiger charge is 2.29. The number of hydrogen-bond acceptors (Lipinski definition) is 0. The Morgan fingerprint density at radius 2 is 0.700 bits per heavy atom. The maximum Gasteiger partial charge on any atom is 0.127 e. The Balaban J connectivity index is 0.000000405. The average molecular weight is 185 g/mol. The predicted octanol–water partition coefficient (Wildman–Crippen LogP) is -9.21. The zero-order valence-corrected chi connectivity index (χ0v) is 7.51. The van der Waals surface area contributed by atoms with Crippen LogP contribution in [0.4, 0.5) is 0 Å². The van der Waals surface area contributed by atoms with Crippen LogP contribution in [-0.4, -0.2) is 39.3 Å². The van der Waals surface area contributed by atoms with Gasteiger partial charge in [-0.1, -0.05) is 0 Å². The Bertz CT molecular complexity index is 68.7. The van der Waals surface area contributed by atoms with E-state index in [-0.39, 0.29) is 24.8 Å². The first-order valence-electron chi connectivity index (χ1n) is 3.62. The summed E-state index contributed by atoms with van der Waals surface area (Å²) < 4.78 is 0. The Hall–Kier alpha value is 0.500. The lowest BCUT2D eigenvalue weighted by Gasteiger charge is -2.35. The van der Waals surface area contributed by atoms with Gasteiger partial charge in [0.15, 0.2) is 0 Å². The maximum atomic E-state index is 1.85. The molecule has 3 aliphatic heterocycles. The van der Waals surface area contributed by atoms with Crippen LogP contribution in [0.25, 0.3) is 0 Å². The highest BCUT2D eigenvalue weighted by atomic mass is 35.5. The van der Waals surface area contributed by atoms with Crippen LogP contribution in [0.3, 0.4) is 0 Å². The second kappa shape index (κ2) is 4.39. The second-order valence-corrected chi connectivity index (χ2v) is 3.00. The van der Waals surface area contributed by atoms with E-state index in [2.05, 4.69) is 0 Å². The third kappa shape index (κ3) is 1.99. The summed E-state index contributed by atoms with van der Waals surface area (Å²) >= 11 is 0. The molecular weight excluding hydrogens is 171 g/mol. The number of fused-ring (bicyclic) bond motifs is 3. The van der Waals surface area contributed by atoms with E-state index in [1.54, 1.807) is 0 Å². The van der Waals surface area contributed by atoms with E-state index >= 15 is 0 Å². The first kappa shape index (κ1) is 10.5. The molecule has 4 heteroatoms. The summed E-state index contributed by atoms with van der Waals surface area (Å²) in [6, 6.07) is 0. The minimum atomic E-state index is 0. The fraction of sp³-hybridized carbons (Fsp3) is 1.00. The normalized spacial score (nSPS) is 36.0. The molecule has 3 fully saturated rings. The molecule has 2 N–H and O–H groups in total. The van der Waals surface area contributed by atoms with Crippen LogP contribution >= 0.6 is 0 Å². The summed E-state index contributed by atoms with van der Waals surface area (Å²) in [5, 5.41) is 0. The van der Waals surface area contributed by atoms with Gasteiger partial charge in [0.05, 0.1) is 0 Å². The lowest BCUT2D eigenvalue weighted by molar-refractivity contribution is -1.06. The third-order valence-electron chi connectivity index (χ3n) is 2.50. The van der Waals surface area contributed by atoms with Crippen LogP contribution in [0, 0.1) is 0 Å². The van der Waals surface area contributed by atoms with Crippen molar-refractivity contribution in [2.24, 2.45) is 0 Å². The fourth-order valence-electron chi connectivity index (χ4n) is 1.81. The number of piperazine rings is 3. The Labute approximate surface area is 74.4 Å². The Kier molecular flexibility index (Phi) is 4.61. The average Bonchev–Trinajstić information content (AvgIpc) is 1.92. The highest BCUT2D eigenvalue weighted by molar-refractivity contribution is 4.43. The molecule has 0 aliphatic carbocycles. The molecule has 0 atom stereocenters. The smallest absolute Gasteiger partial charge is 0.127 e. The van der Waals surface area contributed by atoms with Gasteiger partial charge in [0, 0.05) is 0 Å². The molecule has 10 heavy (non-hydrogen) atoms. The van der Waals surface area contributed by atoms with Gasteiger partial charge in [0.25, 0.3) is 0 Å². The summed E-state index contributed by atoms with van der Waals surface area (Å²) in [4.78, 5) is 3.69. The highest BCUT2D eigenvalue weighted by Crippen LogP contribution is 1.64. The van der Waals surface area contributed by atoms with E-state index < -0.39 is 0 Å². The summed E-state index contributed by atoms with van der Waals surface area (Å²) in [5.41, 5.74) is 0. The molecule has 3 aliphatic rings. The van der Waals surface area contributed by atoms with E-state index in [1.165, 1.54) is 39.3 Å². The number of quaternary nitrogens is 2. The van der Waals surface area contributed by atoms with Crippen molar-refractivity contribution < 1.29 is 34.6 Å². The molecule has 0 radical (unpaired) electrons. The molecular formula is C6H14Cl2N2. The van der Waals surface area contributed by atoms with Gasteiger partial charge in [0.1, 0.15) is 39.3 Å². The molecule has 2 bridgehead atoms. The zero-order valence-electron chi connectivity index (χ0n) is 6.00. The molecule has 0 unspecified atom stereocenters. The second-order valence-electron chi connectivity index (χ2n) is 3.00. The fourth-order valence-corrected chi connectivity index (χ4v) is 1.81. The van der Waals surface area contributed by atoms with Gasteiger partial charge in [-0.05, 0) is 0 Å². The number of halogens is 2. The van der Waals surface area contributed by atoms with E-state index in [4.69, 9.17) is 0 Å². The predicted molar refractivity (Wildman–Crippen MR) is 31.1 cm³/mol. The van der Waals surface area contributed by atoms with Crippen molar-refractivity contribution in [3.63, 3.8) is 0 Å². The number of rotatable bonds is 0. The monoisotopic (exact) mass is 184 g/mol. The lowest BCUT2D eigenvalue weighted by Crippen LogP contribution is -3.35. The molecule has 3 heterocycles. The molecule has 0 amide bonds. The molecule has 2 nitrogen and oxygen atoms in total. The summed E-state index contributed by atoms with van der Waals surface area (Å²) in [6.07, 6.45) is 0. The van der Waals surface area contributed by atoms with Crippen molar-refractivity contribution in [2.75, 3.05) is 39.3 Å². The molecule has 0 saturated carbocycles. The minimum Gasteiger partial charge on any atom is -1.00 e. The Morgan fingerprint density at radius 1 is 0.500 bits per heavy atom. The molecule has 0 spiro atoms. The van der Waals surface area contributed by atoms with Crippen LogP contribution in [-0.2, 0) is 0 Å². The molecule has 3 saturated heterocycles. The number of hydrogen-bond donors (Lipinski definition) is 2. The van der Waals surface area contributed by atoms with Crippen LogP contribution in [0.1, 0.15) is 0 Å². The lowest BCUT2D eigenvalue weighted by atomic mass is 10.2. The van der Waals surface area contributed by atoms with Crippen LogP contribution in [0.15, 0.2) is 0 Å². The topological polar surface area (TPSA) is 8.88 Å². The summed E-state index contributed by atoms with van der Waals surface area (Å²) in [5.74, 6) is 0. The standard InChI is InChI=1S/C6H12N2.2ClH/c1-2-8-5-3-7(1)4-6-8;;/h1-6H2;2*1H. The van der Waals surface area contributed by atoms with Gasteiger partial charge in [-0.2, -0.15) is 0 Å². The van der Waals surface area contributed by atoms with Crippen molar-refractivity contribution in [1.29, 1.82) is 0 Å². The van der Waals surface area contributed by atoms with Gasteiger partial charge < -0.3 is 34.6 Å². The van der Waals surface area contributed by atoms with Gasteiger partial charge >= 0.3 is 0 Å². The van der Waals surface area contributed by atoms with Gasteiger partial charge in [-0.25, -0.2) is 0 Å². The first-order valence-corrected chi connectivity index (χ1v) is 3.62. The summed E-state index contributed by atoms with van der Waals surface area (Å²) in [6.45, 7) is 8.64. The number of nitrogens with one attached hydrogen (secondary N) is 2. The van der Waals surface area contributed by atoms with E-state index in [9.17, 15) is 0 Å². The molecule has 62 valence electrons. The minimum absolute atomic E-state index is 0. The van der Waals surface area contributed by atoms with Crippen molar-refractivity contribution in [3.05, 3.63) is 0 Å². The van der Waals surface area contributed by atoms with E-state index in [1.807, 2.05) is 9.80 Å². The van der Waals surface area contributed by atoms with Crippen molar-refractivity contribution in [3.8, 4) is 0 Å². The van der Waals surface area contributed by atoms with E-state index in [0.717, 1.165) is 0 Å².